The van der Waals surface area contributed by atoms with E-state index in [4.69, 9.17) is 18.9 Å². The molecule has 36 heavy (non-hydrogen) atoms. The van der Waals surface area contributed by atoms with Crippen LogP contribution < -0.4 is 14.2 Å². The van der Waals surface area contributed by atoms with Crippen molar-refractivity contribution in [1.82, 2.24) is 4.90 Å². The Labute approximate surface area is 212 Å². The lowest BCUT2D eigenvalue weighted by molar-refractivity contribution is 0.0358. The van der Waals surface area contributed by atoms with E-state index in [1.807, 2.05) is 66.7 Å². The Morgan fingerprint density at radius 2 is 1.67 bits per heavy atom. The van der Waals surface area contributed by atoms with Crippen LogP contribution >= 0.6 is 0 Å². The van der Waals surface area contributed by atoms with Gasteiger partial charge in [0, 0.05) is 31.3 Å². The molecule has 2 aliphatic heterocycles. The van der Waals surface area contributed by atoms with Gasteiger partial charge in [-0.25, -0.2) is 0 Å². The van der Waals surface area contributed by atoms with Crippen LogP contribution in [0, 0.1) is 0 Å². The molecule has 6 heteroatoms. The van der Waals surface area contributed by atoms with Crippen LogP contribution in [0.2, 0.25) is 0 Å². The number of carbonyl (C=O) groups is 1. The number of hydrogen-bond acceptors (Lipinski definition) is 6. The number of nitrogens with zero attached hydrogens (tertiary/aromatic N) is 1. The van der Waals surface area contributed by atoms with Crippen molar-refractivity contribution >= 4 is 11.9 Å². The fourth-order valence-corrected chi connectivity index (χ4v) is 4.31. The maximum Gasteiger partial charge on any atom is 0.196 e. The smallest absolute Gasteiger partial charge is 0.196 e. The van der Waals surface area contributed by atoms with E-state index in [1.54, 1.807) is 12.1 Å². The molecule has 3 aromatic rings. The lowest BCUT2D eigenvalue weighted by atomic mass is 9.98. The molecular formula is C30H31NO5. The van der Waals surface area contributed by atoms with E-state index >= 15 is 0 Å². The standard InChI is InChI=1S/C30H31NO5/c32-30-25(19-23-7-9-26(10-8-23)34-16-4-13-31-14-17-33-18-15-31)22-36-29-20-27(11-12-28(29)30)35-21-24-5-2-1-3-6-24/h1-3,5-12,19-20H,4,13-18,21-22H2/b25-19+. The fraction of sp³-hybridized carbons (Fsp3) is 0.300. The van der Waals surface area contributed by atoms with Gasteiger partial charge in [-0.2, -0.15) is 0 Å². The average molecular weight is 486 g/mol. The van der Waals surface area contributed by atoms with Crippen molar-refractivity contribution in [2.75, 3.05) is 46.1 Å². The molecule has 0 aromatic heterocycles. The monoisotopic (exact) mass is 485 g/mol. The number of hydrogen-bond donors (Lipinski definition) is 0. The summed E-state index contributed by atoms with van der Waals surface area (Å²) in [4.78, 5) is 15.5. The van der Waals surface area contributed by atoms with Crippen molar-refractivity contribution in [3.05, 3.63) is 95.1 Å². The highest BCUT2D eigenvalue weighted by molar-refractivity contribution is 6.14. The number of Topliss-reactive ketones (excluding diaryl/α,β-unsaturated/α-hetero) is 1. The average Bonchev–Trinajstić information content (AvgIpc) is 2.93. The van der Waals surface area contributed by atoms with Crippen molar-refractivity contribution in [1.29, 1.82) is 0 Å². The van der Waals surface area contributed by atoms with Gasteiger partial charge in [-0.05, 0) is 47.9 Å². The van der Waals surface area contributed by atoms with Gasteiger partial charge in [-0.15, -0.1) is 0 Å². The third-order valence-electron chi connectivity index (χ3n) is 6.33. The molecule has 0 aliphatic carbocycles. The van der Waals surface area contributed by atoms with Crippen LogP contribution in [0.15, 0.2) is 78.4 Å². The molecule has 0 saturated carbocycles. The number of benzene rings is 3. The summed E-state index contributed by atoms with van der Waals surface area (Å²) in [5.74, 6) is 2.05. The number of ether oxygens (including phenoxy) is 4. The highest BCUT2D eigenvalue weighted by Gasteiger charge is 2.24. The van der Waals surface area contributed by atoms with E-state index in [9.17, 15) is 4.79 Å². The first-order valence-electron chi connectivity index (χ1n) is 12.5. The summed E-state index contributed by atoms with van der Waals surface area (Å²) in [5, 5.41) is 0. The minimum atomic E-state index is -0.0192. The zero-order valence-corrected chi connectivity index (χ0v) is 20.4. The molecule has 1 saturated heterocycles. The lowest BCUT2D eigenvalue weighted by Crippen LogP contribution is -2.37. The van der Waals surface area contributed by atoms with Crippen LogP contribution in [0.25, 0.3) is 6.08 Å². The van der Waals surface area contributed by atoms with Crippen LogP contribution in [-0.4, -0.2) is 56.7 Å². The van der Waals surface area contributed by atoms with E-state index in [0.717, 1.165) is 56.1 Å². The van der Waals surface area contributed by atoms with E-state index < -0.39 is 0 Å². The third kappa shape index (κ3) is 6.33. The Balaban J connectivity index is 1.14. The van der Waals surface area contributed by atoms with Crippen molar-refractivity contribution < 1.29 is 23.7 Å². The largest absolute Gasteiger partial charge is 0.494 e. The van der Waals surface area contributed by atoms with E-state index in [1.165, 1.54) is 0 Å². The predicted octanol–water partition coefficient (Wildman–Crippen LogP) is 5.03. The number of ketones is 1. The van der Waals surface area contributed by atoms with Gasteiger partial charge in [0.15, 0.2) is 5.78 Å². The maximum atomic E-state index is 13.1. The minimum absolute atomic E-state index is 0.0192. The van der Waals surface area contributed by atoms with Crippen molar-refractivity contribution in [3.63, 3.8) is 0 Å². The number of carbonyl (C=O) groups excluding carboxylic acids is 1. The predicted molar refractivity (Wildman–Crippen MR) is 139 cm³/mol. The summed E-state index contributed by atoms with van der Waals surface area (Å²) >= 11 is 0. The second-order valence-electron chi connectivity index (χ2n) is 8.94. The molecule has 2 aliphatic rings. The summed E-state index contributed by atoms with van der Waals surface area (Å²) < 4.78 is 23.0. The fourth-order valence-electron chi connectivity index (χ4n) is 4.31. The molecule has 3 aromatic carbocycles. The van der Waals surface area contributed by atoms with Crippen LogP contribution in [0.1, 0.15) is 27.9 Å². The zero-order chi connectivity index (χ0) is 24.6. The molecule has 1 fully saturated rings. The molecule has 0 radical (unpaired) electrons. The molecule has 6 nitrogen and oxygen atoms in total. The van der Waals surface area contributed by atoms with Gasteiger partial charge in [0.25, 0.3) is 0 Å². The molecule has 0 bridgehead atoms. The van der Waals surface area contributed by atoms with Crippen molar-refractivity contribution in [2.45, 2.75) is 13.0 Å². The van der Waals surface area contributed by atoms with Crippen molar-refractivity contribution in [2.24, 2.45) is 0 Å². The summed E-state index contributed by atoms with van der Waals surface area (Å²) in [6.07, 6.45) is 2.86. The van der Waals surface area contributed by atoms with Crippen LogP contribution in [0.5, 0.6) is 17.2 Å². The number of fused-ring (bicyclic) bond motifs is 1. The van der Waals surface area contributed by atoms with Crippen LogP contribution in [0.4, 0.5) is 0 Å². The second kappa shape index (κ2) is 11.9. The third-order valence-corrected chi connectivity index (χ3v) is 6.33. The number of rotatable bonds is 9. The Morgan fingerprint density at radius 1 is 0.889 bits per heavy atom. The first-order chi connectivity index (χ1) is 17.7. The van der Waals surface area contributed by atoms with Gasteiger partial charge in [0.1, 0.15) is 30.5 Å². The molecule has 5 rings (SSSR count). The summed E-state index contributed by atoms with van der Waals surface area (Å²) in [6, 6.07) is 23.2. The molecular weight excluding hydrogens is 454 g/mol. The Kier molecular flexibility index (Phi) is 7.96. The zero-order valence-electron chi connectivity index (χ0n) is 20.4. The molecule has 2 heterocycles. The summed E-state index contributed by atoms with van der Waals surface area (Å²) in [5.41, 5.74) is 3.20. The summed E-state index contributed by atoms with van der Waals surface area (Å²) in [6.45, 7) is 6.04. The quantitative estimate of drug-likeness (QED) is 0.313. The molecule has 0 unspecified atom stereocenters. The van der Waals surface area contributed by atoms with Crippen LogP contribution in [0.3, 0.4) is 0 Å². The highest BCUT2D eigenvalue weighted by atomic mass is 16.5. The normalized spacial score (nSPS) is 16.9. The van der Waals surface area contributed by atoms with Crippen molar-refractivity contribution in [3.8, 4) is 17.2 Å². The van der Waals surface area contributed by atoms with Gasteiger partial charge in [-0.3, -0.25) is 9.69 Å². The first kappa shape index (κ1) is 24.1. The Hall–Kier alpha value is -3.61. The first-order valence-corrected chi connectivity index (χ1v) is 12.5. The molecule has 0 atom stereocenters. The molecule has 186 valence electrons. The lowest BCUT2D eigenvalue weighted by Gasteiger charge is -2.26. The Bertz CT molecular complexity index is 1180. The van der Waals surface area contributed by atoms with Gasteiger partial charge in [0.2, 0.25) is 0 Å². The molecule has 0 N–H and O–H groups in total. The van der Waals surface area contributed by atoms with Crippen LogP contribution in [-0.2, 0) is 11.3 Å². The minimum Gasteiger partial charge on any atom is -0.494 e. The van der Waals surface area contributed by atoms with Gasteiger partial charge in [0.05, 0.1) is 25.4 Å². The van der Waals surface area contributed by atoms with E-state index in [0.29, 0.717) is 35.8 Å². The maximum absolute atomic E-state index is 13.1. The van der Waals surface area contributed by atoms with Gasteiger partial charge in [-0.1, -0.05) is 42.5 Å². The highest BCUT2D eigenvalue weighted by Crippen LogP contribution is 2.32. The van der Waals surface area contributed by atoms with E-state index in [2.05, 4.69) is 4.90 Å². The summed E-state index contributed by atoms with van der Waals surface area (Å²) in [7, 11) is 0. The van der Waals surface area contributed by atoms with Gasteiger partial charge >= 0.3 is 0 Å². The number of morpholine rings is 1. The van der Waals surface area contributed by atoms with E-state index in [-0.39, 0.29) is 12.4 Å². The Morgan fingerprint density at radius 3 is 2.47 bits per heavy atom. The second-order valence-corrected chi connectivity index (χ2v) is 8.94. The topological polar surface area (TPSA) is 57.2 Å². The molecule has 0 amide bonds. The SMILES string of the molecule is O=C1/C(=C/c2ccc(OCCCN3CCOCC3)cc2)COc2cc(OCc3ccccc3)ccc21. The van der Waals surface area contributed by atoms with Gasteiger partial charge < -0.3 is 18.9 Å². The molecule has 0 spiro atoms.